The molecular weight excluding hydrogens is 220 g/mol. The number of hydrogen-bond donors (Lipinski definition) is 2. The first-order valence-electron chi connectivity index (χ1n) is 5.19. The van der Waals surface area contributed by atoms with Crippen molar-refractivity contribution in [3.63, 3.8) is 0 Å². The summed E-state index contributed by atoms with van der Waals surface area (Å²) in [5.74, 6) is -0.0431. The Bertz CT molecular complexity index is 471. The third-order valence-electron chi connectivity index (χ3n) is 2.23. The summed E-state index contributed by atoms with van der Waals surface area (Å²) in [5.41, 5.74) is 5.58. The van der Waals surface area contributed by atoms with Gasteiger partial charge in [-0.15, -0.1) is 11.3 Å². The molecule has 16 heavy (non-hydrogen) atoms. The van der Waals surface area contributed by atoms with E-state index in [1.165, 1.54) is 11.3 Å². The number of rotatable bonds is 3. The van der Waals surface area contributed by atoms with Crippen molar-refractivity contribution in [2.24, 2.45) is 5.73 Å². The van der Waals surface area contributed by atoms with E-state index in [4.69, 9.17) is 5.73 Å². The first-order valence-corrected chi connectivity index (χ1v) is 6.01. The Morgan fingerprint density at radius 2 is 2.25 bits per heavy atom. The summed E-state index contributed by atoms with van der Waals surface area (Å²) in [6, 6.07) is 9.87. The Labute approximate surface area is 98.3 Å². The highest BCUT2D eigenvalue weighted by atomic mass is 32.1. The smallest absolute Gasteiger partial charge is 0.261 e. The van der Waals surface area contributed by atoms with E-state index in [-0.39, 0.29) is 11.9 Å². The standard InChI is InChI=1S/C12H14N2OS/c1-8(13)7-14-12(15)11-6-9-4-2-3-5-10(9)16-11/h2-6,8H,7,13H2,1H3,(H,14,15). The molecule has 3 nitrogen and oxygen atoms in total. The molecule has 84 valence electrons. The van der Waals surface area contributed by atoms with Gasteiger partial charge in [0.25, 0.3) is 5.91 Å². The topological polar surface area (TPSA) is 55.1 Å². The van der Waals surface area contributed by atoms with Crippen molar-refractivity contribution in [2.75, 3.05) is 6.54 Å². The third-order valence-corrected chi connectivity index (χ3v) is 3.35. The molecule has 0 fully saturated rings. The molecule has 0 bridgehead atoms. The van der Waals surface area contributed by atoms with E-state index in [0.717, 1.165) is 15.0 Å². The van der Waals surface area contributed by atoms with Crippen LogP contribution in [0.4, 0.5) is 0 Å². The number of carbonyl (C=O) groups excluding carboxylic acids is 1. The van der Waals surface area contributed by atoms with Gasteiger partial charge in [0.2, 0.25) is 0 Å². The van der Waals surface area contributed by atoms with Crippen molar-refractivity contribution in [3.8, 4) is 0 Å². The third kappa shape index (κ3) is 2.40. The second-order valence-corrected chi connectivity index (χ2v) is 4.92. The zero-order valence-electron chi connectivity index (χ0n) is 9.07. The predicted octanol–water partition coefficient (Wildman–Crippen LogP) is 1.98. The van der Waals surface area contributed by atoms with Crippen LogP contribution in [0.15, 0.2) is 30.3 Å². The van der Waals surface area contributed by atoms with Gasteiger partial charge in [0, 0.05) is 17.3 Å². The second kappa shape index (κ2) is 4.63. The normalized spacial score (nSPS) is 12.6. The molecule has 1 amide bonds. The van der Waals surface area contributed by atoms with Crippen molar-refractivity contribution in [1.82, 2.24) is 5.32 Å². The van der Waals surface area contributed by atoms with Crippen LogP contribution in [0.5, 0.6) is 0 Å². The van der Waals surface area contributed by atoms with Gasteiger partial charge < -0.3 is 11.1 Å². The van der Waals surface area contributed by atoms with Crippen LogP contribution in [0.3, 0.4) is 0 Å². The van der Waals surface area contributed by atoms with Crippen molar-refractivity contribution < 1.29 is 4.79 Å². The van der Waals surface area contributed by atoms with Gasteiger partial charge in [0.15, 0.2) is 0 Å². The first-order chi connectivity index (χ1) is 7.66. The monoisotopic (exact) mass is 234 g/mol. The molecule has 4 heteroatoms. The molecule has 0 spiro atoms. The Kier molecular flexibility index (Phi) is 3.22. The maximum Gasteiger partial charge on any atom is 0.261 e. The van der Waals surface area contributed by atoms with Crippen LogP contribution in [-0.4, -0.2) is 18.5 Å². The lowest BCUT2D eigenvalue weighted by molar-refractivity contribution is 0.0956. The lowest BCUT2D eigenvalue weighted by Crippen LogP contribution is -2.34. The van der Waals surface area contributed by atoms with Crippen LogP contribution in [0.25, 0.3) is 10.1 Å². The number of benzene rings is 1. The molecule has 1 atom stereocenters. The molecule has 0 aliphatic heterocycles. The Hall–Kier alpha value is -1.39. The van der Waals surface area contributed by atoms with Gasteiger partial charge in [0.1, 0.15) is 0 Å². The summed E-state index contributed by atoms with van der Waals surface area (Å²) in [6.45, 7) is 2.37. The maximum absolute atomic E-state index is 11.8. The second-order valence-electron chi connectivity index (χ2n) is 3.84. The molecule has 0 saturated carbocycles. The van der Waals surface area contributed by atoms with Gasteiger partial charge in [0.05, 0.1) is 4.88 Å². The first kappa shape index (κ1) is 11.1. The zero-order chi connectivity index (χ0) is 11.5. The summed E-state index contributed by atoms with van der Waals surface area (Å²) in [7, 11) is 0. The van der Waals surface area contributed by atoms with Crippen molar-refractivity contribution in [1.29, 1.82) is 0 Å². The number of thiophene rings is 1. The van der Waals surface area contributed by atoms with E-state index in [9.17, 15) is 4.79 Å². The summed E-state index contributed by atoms with van der Waals surface area (Å²) >= 11 is 1.50. The Balaban J connectivity index is 2.17. The highest BCUT2D eigenvalue weighted by Gasteiger charge is 2.09. The van der Waals surface area contributed by atoms with E-state index in [0.29, 0.717) is 6.54 Å². The van der Waals surface area contributed by atoms with E-state index >= 15 is 0 Å². The highest BCUT2D eigenvalue weighted by molar-refractivity contribution is 7.20. The van der Waals surface area contributed by atoms with Crippen molar-refractivity contribution in [2.45, 2.75) is 13.0 Å². The van der Waals surface area contributed by atoms with Crippen LogP contribution in [0.1, 0.15) is 16.6 Å². The Morgan fingerprint density at radius 1 is 1.50 bits per heavy atom. The van der Waals surface area contributed by atoms with Crippen LogP contribution in [-0.2, 0) is 0 Å². The molecule has 1 heterocycles. The minimum absolute atomic E-state index is 0.0154. The molecule has 1 aromatic carbocycles. The molecule has 2 aromatic rings. The highest BCUT2D eigenvalue weighted by Crippen LogP contribution is 2.24. The lowest BCUT2D eigenvalue weighted by Gasteiger charge is -2.05. The summed E-state index contributed by atoms with van der Waals surface area (Å²) in [5, 5.41) is 3.92. The van der Waals surface area contributed by atoms with Gasteiger partial charge in [-0.3, -0.25) is 4.79 Å². The van der Waals surface area contributed by atoms with Crippen molar-refractivity contribution in [3.05, 3.63) is 35.2 Å². The SMILES string of the molecule is CC(N)CNC(=O)c1cc2ccccc2s1. The molecule has 0 aliphatic carbocycles. The van der Waals surface area contributed by atoms with E-state index < -0.39 is 0 Å². The number of carbonyl (C=O) groups is 1. The molecular formula is C12H14N2OS. The predicted molar refractivity (Wildman–Crippen MR) is 67.8 cm³/mol. The van der Waals surface area contributed by atoms with Gasteiger partial charge >= 0.3 is 0 Å². The zero-order valence-corrected chi connectivity index (χ0v) is 9.88. The van der Waals surface area contributed by atoms with Crippen LogP contribution < -0.4 is 11.1 Å². The molecule has 0 saturated heterocycles. The van der Waals surface area contributed by atoms with Gasteiger partial charge in [-0.1, -0.05) is 18.2 Å². The quantitative estimate of drug-likeness (QED) is 0.853. The molecule has 3 N–H and O–H groups in total. The van der Waals surface area contributed by atoms with Crippen LogP contribution in [0, 0.1) is 0 Å². The largest absolute Gasteiger partial charge is 0.350 e. The van der Waals surface area contributed by atoms with Gasteiger partial charge in [-0.05, 0) is 24.4 Å². The molecule has 0 radical (unpaired) electrons. The average molecular weight is 234 g/mol. The number of nitrogens with one attached hydrogen (secondary N) is 1. The maximum atomic E-state index is 11.8. The van der Waals surface area contributed by atoms with Crippen LogP contribution >= 0.6 is 11.3 Å². The number of fused-ring (bicyclic) bond motifs is 1. The Morgan fingerprint density at radius 3 is 2.94 bits per heavy atom. The molecule has 1 aromatic heterocycles. The van der Waals surface area contributed by atoms with Crippen molar-refractivity contribution >= 4 is 27.3 Å². The van der Waals surface area contributed by atoms with Gasteiger partial charge in [-0.25, -0.2) is 0 Å². The molecule has 2 rings (SSSR count). The fraction of sp³-hybridized carbons (Fsp3) is 0.250. The van der Waals surface area contributed by atoms with Crippen LogP contribution in [0.2, 0.25) is 0 Å². The lowest BCUT2D eigenvalue weighted by atomic mass is 10.2. The summed E-state index contributed by atoms with van der Waals surface area (Å²) in [4.78, 5) is 12.5. The summed E-state index contributed by atoms with van der Waals surface area (Å²) in [6.07, 6.45) is 0. The van der Waals surface area contributed by atoms with E-state index in [2.05, 4.69) is 5.32 Å². The van der Waals surface area contributed by atoms with E-state index in [1.807, 2.05) is 37.3 Å². The fourth-order valence-corrected chi connectivity index (χ4v) is 2.41. The molecule has 1 unspecified atom stereocenters. The summed E-state index contributed by atoms with van der Waals surface area (Å²) < 4.78 is 1.13. The molecule has 0 aliphatic rings. The fourth-order valence-electron chi connectivity index (χ4n) is 1.43. The minimum Gasteiger partial charge on any atom is -0.350 e. The number of hydrogen-bond acceptors (Lipinski definition) is 3. The number of nitrogens with two attached hydrogens (primary N) is 1. The van der Waals surface area contributed by atoms with E-state index in [1.54, 1.807) is 0 Å². The van der Waals surface area contributed by atoms with Gasteiger partial charge in [-0.2, -0.15) is 0 Å². The number of amides is 1. The average Bonchev–Trinajstić information content (AvgIpc) is 2.69. The minimum atomic E-state index is -0.0431.